The number of fused-ring (bicyclic) bond motifs is 1. The van der Waals surface area contributed by atoms with Crippen molar-refractivity contribution in [3.63, 3.8) is 0 Å². The molecule has 1 unspecified atom stereocenters. The number of carbonyl (C=O) groups is 1. The highest BCUT2D eigenvalue weighted by atomic mass is 79.9. The van der Waals surface area contributed by atoms with Gasteiger partial charge in [0.2, 0.25) is 11.1 Å². The fraction of sp³-hybridized carbons (Fsp3) is 0.400. The third kappa shape index (κ3) is 2.53. The van der Waals surface area contributed by atoms with Crippen molar-refractivity contribution < 1.29 is 9.21 Å². The second-order valence-corrected chi connectivity index (χ2v) is 7.45. The van der Waals surface area contributed by atoms with Gasteiger partial charge in [-0.3, -0.25) is 4.79 Å². The molecule has 1 aliphatic heterocycles. The smallest absolute Gasteiger partial charge is 0.227 e. The molecular weight excluding hydrogens is 380 g/mol. The van der Waals surface area contributed by atoms with Crippen LogP contribution in [0.4, 0.5) is 5.95 Å². The summed E-state index contributed by atoms with van der Waals surface area (Å²) in [6.07, 6.45) is 2.28. The van der Waals surface area contributed by atoms with E-state index in [1.54, 1.807) is 16.4 Å². The molecule has 0 amide bonds. The lowest BCUT2D eigenvalue weighted by atomic mass is 9.88. The Morgan fingerprint density at radius 3 is 3.09 bits per heavy atom. The Hall–Kier alpha value is -1.54. The van der Waals surface area contributed by atoms with Crippen LogP contribution in [-0.2, 0) is 4.79 Å². The van der Waals surface area contributed by atoms with E-state index in [-0.39, 0.29) is 11.8 Å². The van der Waals surface area contributed by atoms with Crippen LogP contribution in [0.1, 0.15) is 38.0 Å². The molecule has 1 atom stereocenters. The molecule has 0 bridgehead atoms. The summed E-state index contributed by atoms with van der Waals surface area (Å²) >= 11 is 4.92. The van der Waals surface area contributed by atoms with Gasteiger partial charge in [0.05, 0.1) is 0 Å². The third-order valence-corrected chi connectivity index (χ3v) is 5.13. The Balaban J connectivity index is 1.87. The summed E-state index contributed by atoms with van der Waals surface area (Å²) < 4.78 is 8.16. The van der Waals surface area contributed by atoms with Crippen molar-refractivity contribution >= 4 is 39.4 Å². The monoisotopic (exact) mass is 394 g/mol. The minimum absolute atomic E-state index is 0.155. The number of hydrogen-bond donors (Lipinski definition) is 1. The minimum Gasteiger partial charge on any atom is -0.452 e. The average molecular weight is 395 g/mol. The normalized spacial score (nSPS) is 20.3. The van der Waals surface area contributed by atoms with Crippen LogP contribution < -0.4 is 5.32 Å². The molecule has 8 heteroatoms. The van der Waals surface area contributed by atoms with E-state index in [4.69, 9.17) is 4.42 Å². The Morgan fingerprint density at radius 1 is 1.48 bits per heavy atom. The number of anilines is 1. The number of allylic oxidation sites excluding steroid dienone is 2. The largest absolute Gasteiger partial charge is 0.452 e. The molecule has 0 saturated heterocycles. The van der Waals surface area contributed by atoms with Gasteiger partial charge in [0.15, 0.2) is 10.5 Å². The first-order chi connectivity index (χ1) is 11.2. The predicted octanol–water partition coefficient (Wildman–Crippen LogP) is 3.77. The molecule has 3 heterocycles. The molecule has 0 spiro atoms. The molecule has 2 aromatic rings. The molecule has 1 N–H and O–H groups in total. The van der Waals surface area contributed by atoms with E-state index >= 15 is 0 Å². The van der Waals surface area contributed by atoms with Crippen LogP contribution in [-0.4, -0.2) is 26.3 Å². The highest BCUT2D eigenvalue weighted by Crippen LogP contribution is 2.41. The first-order valence-corrected chi connectivity index (χ1v) is 9.33. The van der Waals surface area contributed by atoms with E-state index < -0.39 is 0 Å². The summed E-state index contributed by atoms with van der Waals surface area (Å²) in [5.74, 6) is 2.42. The lowest BCUT2D eigenvalue weighted by Gasteiger charge is -2.30. The number of carbonyl (C=O) groups excluding carboxylic acids is 1. The SMILES string of the molecule is CCSc1nc2n(n1)C(c1ccc(Br)o1)C1=C(CCCC1=O)N2. The summed E-state index contributed by atoms with van der Waals surface area (Å²) in [5.41, 5.74) is 1.70. The summed E-state index contributed by atoms with van der Waals surface area (Å²) in [6.45, 7) is 2.06. The van der Waals surface area contributed by atoms with Crippen molar-refractivity contribution in [1.29, 1.82) is 0 Å². The number of Topliss-reactive ketones (excluding diaryl/α,β-unsaturated/α-hetero) is 1. The van der Waals surface area contributed by atoms with Crippen LogP contribution in [0, 0.1) is 0 Å². The van der Waals surface area contributed by atoms with Gasteiger partial charge in [0.25, 0.3) is 0 Å². The number of thioether (sulfide) groups is 1. The Morgan fingerprint density at radius 2 is 2.35 bits per heavy atom. The van der Waals surface area contributed by atoms with Crippen molar-refractivity contribution in [3.8, 4) is 0 Å². The number of hydrogen-bond acceptors (Lipinski definition) is 6. The number of furan rings is 1. The fourth-order valence-corrected chi connectivity index (χ4v) is 3.94. The lowest BCUT2D eigenvalue weighted by Crippen LogP contribution is -2.31. The fourth-order valence-electron chi connectivity index (χ4n) is 3.07. The van der Waals surface area contributed by atoms with Gasteiger partial charge in [0.1, 0.15) is 11.8 Å². The van der Waals surface area contributed by atoms with Crippen LogP contribution >= 0.6 is 27.7 Å². The van der Waals surface area contributed by atoms with Gasteiger partial charge in [-0.1, -0.05) is 18.7 Å². The molecule has 0 aromatic carbocycles. The van der Waals surface area contributed by atoms with Crippen LogP contribution in [0.2, 0.25) is 0 Å². The van der Waals surface area contributed by atoms with E-state index in [9.17, 15) is 4.79 Å². The molecule has 0 saturated carbocycles. The summed E-state index contributed by atoms with van der Waals surface area (Å²) in [4.78, 5) is 17.1. The molecule has 0 fully saturated rings. The van der Waals surface area contributed by atoms with Crippen molar-refractivity contribution in [2.45, 2.75) is 37.4 Å². The highest BCUT2D eigenvalue weighted by molar-refractivity contribution is 9.10. The van der Waals surface area contributed by atoms with Gasteiger partial charge in [-0.05, 0) is 46.7 Å². The molecule has 4 rings (SSSR count). The summed E-state index contributed by atoms with van der Waals surface area (Å²) in [7, 11) is 0. The zero-order chi connectivity index (χ0) is 16.0. The second-order valence-electron chi connectivity index (χ2n) is 5.43. The van der Waals surface area contributed by atoms with Gasteiger partial charge in [0, 0.05) is 17.7 Å². The standard InChI is InChI=1S/C15H15BrN4O2S/c1-2-23-15-18-14-17-8-4-3-5-9(21)12(8)13(20(14)19-15)10-6-7-11(16)22-10/h6-7,13H,2-5H2,1H3,(H,17,18,19). The average Bonchev–Trinajstić information content (AvgIpc) is 3.11. The predicted molar refractivity (Wildman–Crippen MR) is 90.5 cm³/mol. The van der Waals surface area contributed by atoms with Crippen molar-refractivity contribution in [2.24, 2.45) is 0 Å². The van der Waals surface area contributed by atoms with E-state index in [1.165, 1.54) is 0 Å². The van der Waals surface area contributed by atoms with E-state index in [0.717, 1.165) is 29.9 Å². The Bertz CT molecular complexity index is 810. The van der Waals surface area contributed by atoms with Crippen molar-refractivity contribution in [1.82, 2.24) is 14.8 Å². The van der Waals surface area contributed by atoms with Gasteiger partial charge in [-0.2, -0.15) is 4.98 Å². The highest BCUT2D eigenvalue weighted by Gasteiger charge is 2.38. The number of rotatable bonds is 3. The molecule has 2 aromatic heterocycles. The zero-order valence-corrected chi connectivity index (χ0v) is 14.9. The summed E-state index contributed by atoms with van der Waals surface area (Å²) in [6, 6.07) is 3.37. The molecule has 0 radical (unpaired) electrons. The quantitative estimate of drug-likeness (QED) is 0.798. The van der Waals surface area contributed by atoms with Crippen molar-refractivity contribution in [2.75, 3.05) is 11.1 Å². The number of nitrogens with zero attached hydrogens (tertiary/aromatic N) is 3. The molecule has 1 aliphatic carbocycles. The van der Waals surface area contributed by atoms with Crippen LogP contribution in [0.3, 0.4) is 0 Å². The maximum absolute atomic E-state index is 12.5. The van der Waals surface area contributed by atoms with Gasteiger partial charge >= 0.3 is 0 Å². The maximum Gasteiger partial charge on any atom is 0.227 e. The van der Waals surface area contributed by atoms with Crippen molar-refractivity contribution in [3.05, 3.63) is 33.8 Å². The van der Waals surface area contributed by atoms with E-state index in [0.29, 0.717) is 28.0 Å². The number of halogens is 1. The van der Waals surface area contributed by atoms with E-state index in [2.05, 4.69) is 38.3 Å². The number of ketones is 1. The molecule has 120 valence electrons. The number of aromatic nitrogens is 3. The zero-order valence-electron chi connectivity index (χ0n) is 12.5. The first-order valence-electron chi connectivity index (χ1n) is 7.55. The van der Waals surface area contributed by atoms with Gasteiger partial charge < -0.3 is 9.73 Å². The summed E-state index contributed by atoms with van der Waals surface area (Å²) in [5, 5.41) is 8.58. The lowest BCUT2D eigenvalue weighted by molar-refractivity contribution is -0.116. The number of nitrogens with one attached hydrogen (secondary N) is 1. The molecule has 23 heavy (non-hydrogen) atoms. The Kier molecular flexibility index (Phi) is 3.81. The van der Waals surface area contributed by atoms with Crippen LogP contribution in [0.25, 0.3) is 0 Å². The van der Waals surface area contributed by atoms with E-state index in [1.807, 2.05) is 12.1 Å². The molecule has 6 nitrogen and oxygen atoms in total. The van der Waals surface area contributed by atoms with Gasteiger partial charge in [-0.15, -0.1) is 5.10 Å². The molecular formula is C15H15BrN4O2S. The molecule has 2 aliphatic rings. The second kappa shape index (κ2) is 5.83. The van der Waals surface area contributed by atoms with Gasteiger partial charge in [-0.25, -0.2) is 4.68 Å². The van der Waals surface area contributed by atoms with Crippen LogP contribution in [0.15, 0.2) is 37.6 Å². The Labute approximate surface area is 145 Å². The maximum atomic E-state index is 12.5. The van der Waals surface area contributed by atoms with Crippen LogP contribution in [0.5, 0.6) is 0 Å². The first kappa shape index (κ1) is 15.0. The topological polar surface area (TPSA) is 73.0 Å². The minimum atomic E-state index is -0.348. The third-order valence-electron chi connectivity index (χ3n) is 3.99.